The second-order valence-electron chi connectivity index (χ2n) is 2.30. The Morgan fingerprint density at radius 1 is 1.21 bits per heavy atom. The Hall–Kier alpha value is -1.63. The third-order valence-corrected chi connectivity index (χ3v) is 1.53. The SMILES string of the molecule is C=C/C=C(\C=C)c1ccncc1.CC. The fraction of sp³-hybridized carbons (Fsp3) is 0.154. The molecule has 0 saturated carbocycles. The number of hydrogen-bond acceptors (Lipinski definition) is 1. The maximum atomic E-state index is 3.93. The fourth-order valence-electron chi connectivity index (χ4n) is 0.953. The number of allylic oxidation sites excluding steroid dienone is 4. The molecule has 0 atom stereocenters. The summed E-state index contributed by atoms with van der Waals surface area (Å²) in [6.45, 7) is 11.4. The second-order valence-corrected chi connectivity index (χ2v) is 2.30. The molecule has 0 N–H and O–H groups in total. The van der Waals surface area contributed by atoms with Crippen molar-refractivity contribution in [2.24, 2.45) is 0 Å². The fourth-order valence-corrected chi connectivity index (χ4v) is 0.953. The van der Waals surface area contributed by atoms with Crippen LogP contribution in [-0.2, 0) is 0 Å². The van der Waals surface area contributed by atoms with Crippen LogP contribution in [0.15, 0.2) is 55.9 Å². The number of nitrogens with zero attached hydrogens (tertiary/aromatic N) is 1. The van der Waals surface area contributed by atoms with Crippen molar-refractivity contribution in [1.82, 2.24) is 4.98 Å². The van der Waals surface area contributed by atoms with E-state index in [0.29, 0.717) is 0 Å². The summed E-state index contributed by atoms with van der Waals surface area (Å²) in [4.78, 5) is 3.93. The van der Waals surface area contributed by atoms with E-state index in [0.717, 1.165) is 11.1 Å². The number of hydrogen-bond donors (Lipinski definition) is 0. The Bertz CT molecular complexity index is 296. The van der Waals surface area contributed by atoms with Gasteiger partial charge in [0.05, 0.1) is 0 Å². The molecule has 0 unspecified atom stereocenters. The average Bonchev–Trinajstić information content (AvgIpc) is 2.30. The molecule has 0 fully saturated rings. The monoisotopic (exact) mass is 187 g/mol. The van der Waals surface area contributed by atoms with Crippen LogP contribution in [0.2, 0.25) is 0 Å². The third kappa shape index (κ3) is 3.85. The van der Waals surface area contributed by atoms with Gasteiger partial charge in [-0.3, -0.25) is 4.98 Å². The van der Waals surface area contributed by atoms with E-state index < -0.39 is 0 Å². The summed E-state index contributed by atoms with van der Waals surface area (Å²) in [6.07, 6.45) is 8.99. The van der Waals surface area contributed by atoms with E-state index >= 15 is 0 Å². The van der Waals surface area contributed by atoms with Crippen molar-refractivity contribution in [3.05, 3.63) is 61.5 Å². The number of pyridine rings is 1. The van der Waals surface area contributed by atoms with Crippen LogP contribution in [0.4, 0.5) is 0 Å². The molecule has 1 heterocycles. The first-order valence-corrected chi connectivity index (χ1v) is 4.74. The summed E-state index contributed by atoms with van der Waals surface area (Å²) < 4.78 is 0. The van der Waals surface area contributed by atoms with E-state index in [2.05, 4.69) is 18.1 Å². The van der Waals surface area contributed by atoms with Crippen molar-refractivity contribution >= 4 is 5.57 Å². The van der Waals surface area contributed by atoms with Gasteiger partial charge in [0, 0.05) is 12.4 Å². The topological polar surface area (TPSA) is 12.9 Å². The van der Waals surface area contributed by atoms with Crippen LogP contribution in [0.1, 0.15) is 19.4 Å². The summed E-state index contributed by atoms with van der Waals surface area (Å²) in [5.41, 5.74) is 2.17. The zero-order valence-corrected chi connectivity index (χ0v) is 8.90. The molecule has 0 bridgehead atoms. The summed E-state index contributed by atoms with van der Waals surface area (Å²) in [6, 6.07) is 3.88. The number of aromatic nitrogens is 1. The lowest BCUT2D eigenvalue weighted by atomic mass is 10.1. The zero-order valence-electron chi connectivity index (χ0n) is 8.90. The van der Waals surface area contributed by atoms with Crippen molar-refractivity contribution in [3.63, 3.8) is 0 Å². The first-order valence-electron chi connectivity index (χ1n) is 4.74. The largest absolute Gasteiger partial charge is 0.265 e. The molecule has 0 aliphatic rings. The van der Waals surface area contributed by atoms with Crippen molar-refractivity contribution in [2.75, 3.05) is 0 Å². The Morgan fingerprint density at radius 3 is 2.21 bits per heavy atom. The Labute approximate surface area is 86.5 Å². The molecule has 0 saturated heterocycles. The van der Waals surface area contributed by atoms with Gasteiger partial charge in [-0.25, -0.2) is 0 Å². The van der Waals surface area contributed by atoms with Gasteiger partial charge in [-0.2, -0.15) is 0 Å². The van der Waals surface area contributed by atoms with Gasteiger partial charge in [0.25, 0.3) is 0 Å². The second kappa shape index (κ2) is 7.99. The molecule has 1 nitrogen and oxygen atoms in total. The van der Waals surface area contributed by atoms with Crippen LogP contribution >= 0.6 is 0 Å². The van der Waals surface area contributed by atoms with E-state index in [-0.39, 0.29) is 0 Å². The Morgan fingerprint density at radius 2 is 1.79 bits per heavy atom. The maximum absolute atomic E-state index is 3.93. The van der Waals surface area contributed by atoms with Gasteiger partial charge in [0.2, 0.25) is 0 Å². The highest BCUT2D eigenvalue weighted by Crippen LogP contribution is 2.13. The van der Waals surface area contributed by atoms with Crippen molar-refractivity contribution in [1.29, 1.82) is 0 Å². The lowest BCUT2D eigenvalue weighted by Gasteiger charge is -1.98. The lowest BCUT2D eigenvalue weighted by Crippen LogP contribution is -1.79. The minimum atomic E-state index is 1.06. The molecule has 74 valence electrons. The minimum Gasteiger partial charge on any atom is -0.265 e. The van der Waals surface area contributed by atoms with Crippen LogP contribution in [0.3, 0.4) is 0 Å². The van der Waals surface area contributed by atoms with Gasteiger partial charge in [-0.05, 0) is 23.3 Å². The van der Waals surface area contributed by atoms with Crippen molar-refractivity contribution in [3.8, 4) is 0 Å². The molecular weight excluding hydrogens is 170 g/mol. The molecule has 1 rings (SSSR count). The molecular formula is C13H17N. The van der Waals surface area contributed by atoms with Crippen LogP contribution < -0.4 is 0 Å². The third-order valence-electron chi connectivity index (χ3n) is 1.53. The quantitative estimate of drug-likeness (QED) is 0.655. The predicted molar refractivity (Wildman–Crippen MR) is 64.0 cm³/mol. The summed E-state index contributed by atoms with van der Waals surface area (Å²) in [5.74, 6) is 0. The average molecular weight is 187 g/mol. The van der Waals surface area contributed by atoms with E-state index in [1.54, 1.807) is 24.5 Å². The summed E-state index contributed by atoms with van der Waals surface area (Å²) in [5, 5.41) is 0. The molecule has 1 heteroatoms. The standard InChI is InChI=1S/C11H11N.C2H6/c1-3-5-10(4-2)11-6-8-12-9-7-11;1-2/h3-9H,1-2H2;1-2H3/b10-5+;. The lowest BCUT2D eigenvalue weighted by molar-refractivity contribution is 1.32. The van der Waals surface area contributed by atoms with Crippen LogP contribution in [0.25, 0.3) is 5.57 Å². The highest BCUT2D eigenvalue weighted by atomic mass is 14.6. The Balaban J connectivity index is 0.000000791. The van der Waals surface area contributed by atoms with E-state index in [9.17, 15) is 0 Å². The normalized spacial score (nSPS) is 9.71. The van der Waals surface area contributed by atoms with Crippen molar-refractivity contribution in [2.45, 2.75) is 13.8 Å². The molecule has 0 aliphatic heterocycles. The van der Waals surface area contributed by atoms with Crippen LogP contribution in [-0.4, -0.2) is 4.98 Å². The van der Waals surface area contributed by atoms with Crippen LogP contribution in [0.5, 0.6) is 0 Å². The first-order chi connectivity index (χ1) is 6.88. The molecule has 0 aromatic carbocycles. The van der Waals surface area contributed by atoms with E-state index in [1.165, 1.54) is 0 Å². The summed E-state index contributed by atoms with van der Waals surface area (Å²) >= 11 is 0. The van der Waals surface area contributed by atoms with E-state index in [1.807, 2.05) is 32.1 Å². The molecule has 1 aromatic rings. The first kappa shape index (κ1) is 12.4. The van der Waals surface area contributed by atoms with Gasteiger partial charge in [-0.15, -0.1) is 0 Å². The van der Waals surface area contributed by atoms with Crippen LogP contribution in [0, 0.1) is 0 Å². The van der Waals surface area contributed by atoms with Gasteiger partial charge in [0.15, 0.2) is 0 Å². The molecule has 0 spiro atoms. The predicted octanol–water partition coefficient (Wildman–Crippen LogP) is 3.86. The maximum Gasteiger partial charge on any atom is 0.0273 e. The molecule has 0 radical (unpaired) electrons. The molecule has 0 amide bonds. The molecule has 14 heavy (non-hydrogen) atoms. The molecule has 0 aliphatic carbocycles. The van der Waals surface area contributed by atoms with Gasteiger partial charge in [-0.1, -0.05) is 45.2 Å². The van der Waals surface area contributed by atoms with Gasteiger partial charge in [0.1, 0.15) is 0 Å². The Kier molecular flexibility index (Phi) is 7.06. The van der Waals surface area contributed by atoms with Crippen molar-refractivity contribution < 1.29 is 0 Å². The van der Waals surface area contributed by atoms with Gasteiger partial charge >= 0.3 is 0 Å². The molecule has 1 aromatic heterocycles. The zero-order chi connectivity index (χ0) is 10.8. The number of rotatable bonds is 3. The smallest absolute Gasteiger partial charge is 0.0273 e. The van der Waals surface area contributed by atoms with Gasteiger partial charge < -0.3 is 0 Å². The van der Waals surface area contributed by atoms with E-state index in [4.69, 9.17) is 0 Å². The highest BCUT2D eigenvalue weighted by Gasteiger charge is 1.92. The minimum absolute atomic E-state index is 1.06. The summed E-state index contributed by atoms with van der Waals surface area (Å²) in [7, 11) is 0. The highest BCUT2D eigenvalue weighted by molar-refractivity contribution is 5.74.